The van der Waals surface area contributed by atoms with Gasteiger partial charge >= 0.3 is 0 Å². The minimum Gasteiger partial charge on any atom is -0.378 e. The summed E-state index contributed by atoms with van der Waals surface area (Å²) in [5.41, 5.74) is 2.55. The Kier molecular flexibility index (Phi) is 2.85. The van der Waals surface area contributed by atoms with Gasteiger partial charge in [0.2, 0.25) is 0 Å². The highest BCUT2D eigenvalue weighted by Gasteiger charge is 2.30. The van der Waals surface area contributed by atoms with Crippen molar-refractivity contribution in [3.05, 3.63) is 27.6 Å². The van der Waals surface area contributed by atoms with Gasteiger partial charge < -0.3 is 14.2 Å². The Morgan fingerprint density at radius 2 is 2.15 bits per heavy atom. The van der Waals surface area contributed by atoms with Gasteiger partial charge in [-0.25, -0.2) is 0 Å². The van der Waals surface area contributed by atoms with Crippen molar-refractivity contribution in [2.24, 2.45) is 0 Å². The number of carbonyl (C=O) groups is 1. The van der Waals surface area contributed by atoms with Gasteiger partial charge in [-0.1, -0.05) is 5.16 Å². The van der Waals surface area contributed by atoms with Crippen LogP contribution in [0.5, 0.6) is 0 Å². The summed E-state index contributed by atoms with van der Waals surface area (Å²) in [7, 11) is 0. The Bertz CT molecular complexity index is 655. The van der Waals surface area contributed by atoms with Gasteiger partial charge in [0, 0.05) is 29.1 Å². The molecule has 1 saturated heterocycles. The van der Waals surface area contributed by atoms with E-state index in [0.29, 0.717) is 32.0 Å². The van der Waals surface area contributed by atoms with Crippen LogP contribution in [-0.4, -0.2) is 42.3 Å². The normalized spacial score (nSPS) is 17.7. The number of aromatic nitrogens is 1. The fourth-order valence-corrected chi connectivity index (χ4v) is 3.69. The third-order valence-electron chi connectivity index (χ3n) is 3.88. The third-order valence-corrected chi connectivity index (χ3v) is 4.86. The van der Waals surface area contributed by atoms with Crippen molar-refractivity contribution in [1.29, 1.82) is 0 Å². The topological polar surface area (TPSA) is 55.6 Å². The van der Waals surface area contributed by atoms with Crippen LogP contribution in [0.25, 0.3) is 11.3 Å². The zero-order chi connectivity index (χ0) is 13.5. The molecule has 4 rings (SSSR count). The molecule has 0 N–H and O–H groups in total. The lowest BCUT2D eigenvalue weighted by molar-refractivity contribution is 0.0295. The lowest BCUT2D eigenvalue weighted by Crippen LogP contribution is -2.41. The first-order valence-electron chi connectivity index (χ1n) is 6.77. The number of thiophene rings is 1. The molecule has 2 aromatic heterocycles. The highest BCUT2D eigenvalue weighted by molar-refractivity contribution is 7.10. The zero-order valence-electron chi connectivity index (χ0n) is 10.9. The van der Waals surface area contributed by atoms with E-state index in [9.17, 15) is 4.79 Å². The number of carbonyl (C=O) groups excluding carboxylic acids is 1. The molecule has 2 aromatic rings. The standard InChI is InChI=1S/C14H14N2O3S/c17-14(16-4-6-18-7-5-16)12-10-1-2-11-9(3-8-20-11)13(10)19-15-12/h3,8H,1-2,4-7H2. The van der Waals surface area contributed by atoms with E-state index in [4.69, 9.17) is 9.26 Å². The molecule has 2 aliphatic rings. The molecule has 1 fully saturated rings. The number of morpholine rings is 1. The van der Waals surface area contributed by atoms with Gasteiger partial charge in [-0.05, 0) is 24.3 Å². The minimum absolute atomic E-state index is 0.0306. The molecular weight excluding hydrogens is 276 g/mol. The van der Waals surface area contributed by atoms with Crippen molar-refractivity contribution < 1.29 is 14.1 Å². The highest BCUT2D eigenvalue weighted by Crippen LogP contribution is 2.38. The first-order chi connectivity index (χ1) is 9.84. The molecule has 6 heteroatoms. The first kappa shape index (κ1) is 12.1. The number of nitrogens with zero attached hydrogens (tertiary/aromatic N) is 2. The van der Waals surface area contributed by atoms with Crippen molar-refractivity contribution in [3.8, 4) is 11.3 Å². The molecular formula is C14H14N2O3S. The van der Waals surface area contributed by atoms with Crippen LogP contribution in [-0.2, 0) is 17.6 Å². The Hall–Kier alpha value is -1.66. The van der Waals surface area contributed by atoms with Crippen LogP contribution in [0.1, 0.15) is 20.9 Å². The van der Waals surface area contributed by atoms with Crippen molar-refractivity contribution in [3.63, 3.8) is 0 Å². The van der Waals surface area contributed by atoms with E-state index in [0.717, 1.165) is 29.7 Å². The molecule has 0 unspecified atom stereocenters. The maximum atomic E-state index is 12.5. The molecule has 0 atom stereocenters. The molecule has 5 nitrogen and oxygen atoms in total. The Morgan fingerprint density at radius 3 is 3.00 bits per heavy atom. The molecule has 0 radical (unpaired) electrons. The molecule has 3 heterocycles. The summed E-state index contributed by atoms with van der Waals surface area (Å²) in [6.07, 6.45) is 1.79. The second kappa shape index (κ2) is 4.71. The van der Waals surface area contributed by atoms with Gasteiger partial charge in [0.15, 0.2) is 11.5 Å². The van der Waals surface area contributed by atoms with Crippen LogP contribution in [0.4, 0.5) is 0 Å². The van der Waals surface area contributed by atoms with Crippen molar-refractivity contribution in [2.75, 3.05) is 26.3 Å². The predicted octanol–water partition coefficient (Wildman–Crippen LogP) is 1.97. The van der Waals surface area contributed by atoms with Crippen molar-refractivity contribution >= 4 is 17.2 Å². The predicted molar refractivity (Wildman–Crippen MR) is 73.9 cm³/mol. The van der Waals surface area contributed by atoms with Gasteiger partial charge in [0.25, 0.3) is 5.91 Å². The van der Waals surface area contributed by atoms with E-state index >= 15 is 0 Å². The van der Waals surface area contributed by atoms with Gasteiger partial charge in [-0.2, -0.15) is 0 Å². The van der Waals surface area contributed by atoms with Crippen LogP contribution < -0.4 is 0 Å². The summed E-state index contributed by atoms with van der Waals surface area (Å²) in [6.45, 7) is 2.45. The van der Waals surface area contributed by atoms with Crippen molar-refractivity contribution in [2.45, 2.75) is 12.8 Å². The van der Waals surface area contributed by atoms with Crippen LogP contribution in [0.2, 0.25) is 0 Å². The van der Waals surface area contributed by atoms with Crippen LogP contribution in [0, 0.1) is 0 Å². The fourth-order valence-electron chi connectivity index (χ4n) is 2.81. The number of fused-ring (bicyclic) bond motifs is 3. The monoisotopic (exact) mass is 290 g/mol. The lowest BCUT2D eigenvalue weighted by atomic mass is 9.95. The van der Waals surface area contributed by atoms with Crippen LogP contribution >= 0.6 is 11.3 Å². The summed E-state index contributed by atoms with van der Waals surface area (Å²) in [6, 6.07) is 2.05. The number of hydrogen-bond acceptors (Lipinski definition) is 5. The second-order valence-electron chi connectivity index (χ2n) is 5.00. The smallest absolute Gasteiger partial charge is 0.276 e. The van der Waals surface area contributed by atoms with Crippen LogP contribution in [0.15, 0.2) is 16.0 Å². The van der Waals surface area contributed by atoms with E-state index in [1.165, 1.54) is 4.88 Å². The molecule has 20 heavy (non-hydrogen) atoms. The van der Waals surface area contributed by atoms with Gasteiger partial charge in [-0.15, -0.1) is 11.3 Å². The number of amides is 1. The molecule has 1 aliphatic carbocycles. The van der Waals surface area contributed by atoms with E-state index in [1.807, 2.05) is 6.07 Å². The summed E-state index contributed by atoms with van der Waals surface area (Å²) in [4.78, 5) is 15.6. The molecule has 0 aromatic carbocycles. The van der Waals surface area contributed by atoms with Crippen LogP contribution in [0.3, 0.4) is 0 Å². The van der Waals surface area contributed by atoms with Gasteiger partial charge in [0.05, 0.1) is 13.2 Å². The molecule has 104 valence electrons. The Morgan fingerprint density at radius 1 is 1.30 bits per heavy atom. The molecule has 0 spiro atoms. The van der Waals surface area contributed by atoms with E-state index in [1.54, 1.807) is 16.2 Å². The fraction of sp³-hybridized carbons (Fsp3) is 0.429. The maximum Gasteiger partial charge on any atom is 0.276 e. The molecule has 0 saturated carbocycles. The average Bonchev–Trinajstić information content (AvgIpc) is 3.13. The first-order valence-corrected chi connectivity index (χ1v) is 7.65. The number of ether oxygens (including phenoxy) is 1. The number of rotatable bonds is 1. The van der Waals surface area contributed by atoms with E-state index in [-0.39, 0.29) is 5.91 Å². The summed E-state index contributed by atoms with van der Waals surface area (Å²) in [5.74, 6) is 0.751. The summed E-state index contributed by atoms with van der Waals surface area (Å²) in [5, 5.41) is 6.11. The summed E-state index contributed by atoms with van der Waals surface area (Å²) >= 11 is 1.74. The number of aryl methyl sites for hydroxylation is 1. The lowest BCUT2D eigenvalue weighted by Gasteiger charge is -2.26. The van der Waals surface area contributed by atoms with Gasteiger partial charge in [0.1, 0.15) is 0 Å². The second-order valence-corrected chi connectivity index (χ2v) is 6.00. The zero-order valence-corrected chi connectivity index (χ0v) is 11.7. The Balaban J connectivity index is 1.70. The van der Waals surface area contributed by atoms with Crippen molar-refractivity contribution in [1.82, 2.24) is 10.1 Å². The van der Waals surface area contributed by atoms with E-state index < -0.39 is 0 Å². The molecule has 1 amide bonds. The Labute approximate surface area is 120 Å². The maximum absolute atomic E-state index is 12.5. The number of hydrogen-bond donors (Lipinski definition) is 0. The quantitative estimate of drug-likeness (QED) is 0.806. The van der Waals surface area contributed by atoms with Gasteiger partial charge in [-0.3, -0.25) is 4.79 Å². The van der Waals surface area contributed by atoms with E-state index in [2.05, 4.69) is 10.5 Å². The highest BCUT2D eigenvalue weighted by atomic mass is 32.1. The summed E-state index contributed by atoms with van der Waals surface area (Å²) < 4.78 is 10.7. The third kappa shape index (κ3) is 1.79. The molecule has 1 aliphatic heterocycles. The SMILES string of the molecule is O=C(c1noc2c1CCc1sccc1-2)N1CCOCC1. The average molecular weight is 290 g/mol. The molecule has 0 bridgehead atoms. The largest absolute Gasteiger partial charge is 0.378 e. The minimum atomic E-state index is -0.0306.